The van der Waals surface area contributed by atoms with Crippen LogP contribution >= 0.6 is 31.9 Å². The topological polar surface area (TPSA) is 96.1 Å². The molecule has 0 unspecified atom stereocenters. The van der Waals surface area contributed by atoms with Crippen LogP contribution in [-0.4, -0.2) is 57.1 Å². The Bertz CT molecular complexity index is 3290. The largest absolute Gasteiger partial charge is 0.516 e. The van der Waals surface area contributed by atoms with Crippen molar-refractivity contribution in [2.45, 2.75) is 38.9 Å². The fourth-order valence-corrected chi connectivity index (χ4v) is 8.52. The van der Waals surface area contributed by atoms with Gasteiger partial charge in [0.25, 0.3) is 0 Å². The third kappa shape index (κ3) is 7.55. The average Bonchev–Trinajstić information content (AvgIpc) is 4.07. The summed E-state index contributed by atoms with van der Waals surface area (Å²) in [5.74, 6) is 0. The minimum Gasteiger partial charge on any atom is -0.398 e. The van der Waals surface area contributed by atoms with Crippen LogP contribution < -0.4 is 5.59 Å². The minimum atomic E-state index is -0.427. The number of nitrogens with zero attached hydrogens (tertiary/aromatic N) is 8. The highest BCUT2D eigenvalue weighted by Gasteiger charge is 2.52. The zero-order chi connectivity index (χ0) is 42.6. The Balaban J connectivity index is 0.000000132. The van der Waals surface area contributed by atoms with Crippen molar-refractivity contribution in [2.75, 3.05) is 0 Å². The van der Waals surface area contributed by atoms with E-state index >= 15 is 0 Å². The van der Waals surface area contributed by atoms with E-state index in [-0.39, 0.29) is 11.2 Å². The Labute approximate surface area is 374 Å². The molecule has 8 aromatic heterocycles. The number of aromatic nitrogens is 8. The summed E-state index contributed by atoms with van der Waals surface area (Å²) in [6.07, 6.45) is 2.00. The Morgan fingerprint density at radius 2 is 1.02 bits per heavy atom. The van der Waals surface area contributed by atoms with Crippen molar-refractivity contribution in [3.8, 4) is 22.8 Å². The van der Waals surface area contributed by atoms with E-state index < -0.39 is 7.12 Å². The molecular formula is C49H39BBr2N8O2. The fourth-order valence-electron chi connectivity index (χ4n) is 7.60. The number of benzene rings is 3. The van der Waals surface area contributed by atoms with Crippen molar-refractivity contribution >= 4 is 93.7 Å². The Kier molecular flexibility index (Phi) is 10.2. The predicted molar refractivity (Wildman–Crippen MR) is 256 cm³/mol. The van der Waals surface area contributed by atoms with Crippen molar-refractivity contribution in [1.29, 1.82) is 0 Å². The summed E-state index contributed by atoms with van der Waals surface area (Å²) >= 11 is 6.44. The van der Waals surface area contributed by atoms with Crippen molar-refractivity contribution in [1.82, 2.24) is 38.8 Å². The van der Waals surface area contributed by atoms with Crippen molar-refractivity contribution in [3.05, 3.63) is 173 Å². The molecule has 10 nitrogen and oxygen atoms in total. The monoisotopic (exact) mass is 940 g/mol. The van der Waals surface area contributed by atoms with Crippen LogP contribution in [0.3, 0.4) is 0 Å². The Morgan fingerprint density at radius 3 is 1.65 bits per heavy atom. The minimum absolute atomic E-state index is 0.352. The van der Waals surface area contributed by atoms with E-state index in [0.29, 0.717) is 0 Å². The highest BCUT2D eigenvalue weighted by atomic mass is 79.9. The van der Waals surface area contributed by atoms with Crippen LogP contribution in [0.4, 0.5) is 0 Å². The third-order valence-corrected chi connectivity index (χ3v) is 12.4. The van der Waals surface area contributed by atoms with E-state index in [4.69, 9.17) is 29.6 Å². The van der Waals surface area contributed by atoms with Gasteiger partial charge in [-0.15, -0.1) is 0 Å². The van der Waals surface area contributed by atoms with Crippen LogP contribution in [0.2, 0.25) is 0 Å². The molecule has 1 aliphatic heterocycles. The van der Waals surface area contributed by atoms with Crippen LogP contribution in [0.25, 0.3) is 71.9 Å². The summed E-state index contributed by atoms with van der Waals surface area (Å²) in [5, 5.41) is 19.1. The van der Waals surface area contributed by atoms with Gasteiger partial charge in [-0.05, 0) is 138 Å². The first kappa shape index (κ1) is 39.9. The highest BCUT2D eigenvalue weighted by Crippen LogP contribution is 2.36. The predicted octanol–water partition coefficient (Wildman–Crippen LogP) is 11.4. The maximum atomic E-state index is 6.09. The second-order valence-corrected chi connectivity index (χ2v) is 17.7. The van der Waals surface area contributed by atoms with Crippen molar-refractivity contribution < 1.29 is 9.31 Å². The summed E-state index contributed by atoms with van der Waals surface area (Å²) in [7, 11) is -0.427. The maximum absolute atomic E-state index is 6.09. The molecule has 0 saturated carbocycles. The molecule has 1 saturated heterocycles. The Hall–Kier alpha value is -6.25. The number of hydrogen-bond acceptors (Lipinski definition) is 7. The first-order valence-electron chi connectivity index (χ1n) is 20.2. The third-order valence-electron chi connectivity index (χ3n) is 11.5. The maximum Gasteiger partial charge on any atom is 0.516 e. The molecular weight excluding hydrogens is 903 g/mol. The lowest BCUT2D eigenvalue weighted by atomic mass is 9.85. The standard InChI is InChI=1S/C27H17N5.C17H19BN2O2.C5H3Br2N/c1-3-8-21-18(6-1)14-15-31-27(21)17-25(29-31)23-10-5-9-22(28-23)24-16-20-13-12-19-7-2-4-11-26(19)32(20)30-24;1-16(2)17(3,4)22-18(21-16)15-11-13-10-9-12-7-5-6-8-14(12)20(13)19-15;6-4-2-1-3-5(7)8-4/h1-17H;5-11H,1-4H3;1-3H. The molecule has 3 aromatic carbocycles. The lowest BCUT2D eigenvalue weighted by Gasteiger charge is -2.32. The molecule has 62 heavy (non-hydrogen) atoms. The zero-order valence-corrected chi connectivity index (χ0v) is 37.5. The molecule has 12 rings (SSSR count). The second-order valence-electron chi connectivity index (χ2n) is 16.1. The molecule has 0 N–H and O–H groups in total. The van der Waals surface area contributed by atoms with Gasteiger partial charge in [-0.2, -0.15) is 15.3 Å². The van der Waals surface area contributed by atoms with E-state index in [9.17, 15) is 0 Å². The van der Waals surface area contributed by atoms with Gasteiger partial charge in [-0.25, -0.2) is 23.5 Å². The average molecular weight is 943 g/mol. The summed E-state index contributed by atoms with van der Waals surface area (Å²) in [6.45, 7) is 8.22. The van der Waals surface area contributed by atoms with Gasteiger partial charge in [-0.1, -0.05) is 84.9 Å². The molecule has 0 atom stereocenters. The van der Waals surface area contributed by atoms with Gasteiger partial charge in [-0.3, -0.25) is 0 Å². The SMILES string of the molecule is Brc1cccc(Br)n1.CC1(C)OB(c2cc3ccc4ccccc4n3n2)OC1(C)C.c1cc(-c2cc3c4ccccc4ccn3n2)nc(-c2cc3ccc4ccccc4n3n2)c1. The van der Waals surface area contributed by atoms with Crippen molar-refractivity contribution in [2.24, 2.45) is 0 Å². The molecule has 1 fully saturated rings. The molecule has 0 spiro atoms. The van der Waals surface area contributed by atoms with Gasteiger partial charge in [0.1, 0.15) is 20.6 Å². The summed E-state index contributed by atoms with van der Waals surface area (Å²) < 4.78 is 19.8. The smallest absolute Gasteiger partial charge is 0.398 e. The number of rotatable bonds is 3. The molecule has 0 radical (unpaired) electrons. The van der Waals surface area contributed by atoms with Crippen LogP contribution in [0, 0.1) is 0 Å². The summed E-state index contributed by atoms with van der Waals surface area (Å²) in [5.41, 5.74) is 8.80. The molecule has 0 bridgehead atoms. The molecule has 9 heterocycles. The van der Waals surface area contributed by atoms with Gasteiger partial charge >= 0.3 is 7.12 Å². The van der Waals surface area contributed by atoms with Gasteiger partial charge in [0.15, 0.2) is 0 Å². The quantitative estimate of drug-likeness (QED) is 0.129. The molecule has 0 aliphatic carbocycles. The summed E-state index contributed by atoms with van der Waals surface area (Å²) in [4.78, 5) is 8.92. The molecule has 304 valence electrons. The van der Waals surface area contributed by atoms with Gasteiger partial charge < -0.3 is 9.31 Å². The molecule has 1 aliphatic rings. The first-order chi connectivity index (χ1) is 30.0. The van der Waals surface area contributed by atoms with E-state index in [0.717, 1.165) is 70.5 Å². The number of fused-ring (bicyclic) bond motifs is 9. The van der Waals surface area contributed by atoms with Gasteiger partial charge in [0, 0.05) is 22.4 Å². The second kappa shape index (κ2) is 15.9. The lowest BCUT2D eigenvalue weighted by Crippen LogP contribution is -2.41. The van der Waals surface area contributed by atoms with E-state index in [1.165, 1.54) is 16.2 Å². The normalized spacial score (nSPS) is 14.4. The first-order valence-corrected chi connectivity index (χ1v) is 21.8. The van der Waals surface area contributed by atoms with Crippen LogP contribution in [0.15, 0.2) is 173 Å². The number of para-hydroxylation sites is 2. The van der Waals surface area contributed by atoms with E-state index in [2.05, 4.69) is 156 Å². The number of hydrogen-bond donors (Lipinski definition) is 0. The lowest BCUT2D eigenvalue weighted by molar-refractivity contribution is 0.00578. The van der Waals surface area contributed by atoms with Crippen LogP contribution in [-0.2, 0) is 9.31 Å². The molecule has 13 heteroatoms. The zero-order valence-electron chi connectivity index (χ0n) is 34.3. The fraction of sp³-hybridized carbons (Fsp3) is 0.122. The molecule has 0 amide bonds. The number of halogens is 2. The highest BCUT2D eigenvalue weighted by molar-refractivity contribution is 9.11. The van der Waals surface area contributed by atoms with Gasteiger partial charge in [0.2, 0.25) is 0 Å². The van der Waals surface area contributed by atoms with E-state index in [1.807, 2.05) is 86.5 Å². The summed E-state index contributed by atoms with van der Waals surface area (Å²) in [6, 6.07) is 53.2. The number of pyridine rings is 5. The van der Waals surface area contributed by atoms with Crippen molar-refractivity contribution in [3.63, 3.8) is 0 Å². The van der Waals surface area contributed by atoms with Crippen LogP contribution in [0.1, 0.15) is 27.7 Å². The Morgan fingerprint density at radius 1 is 0.468 bits per heavy atom. The van der Waals surface area contributed by atoms with Gasteiger partial charge in [0.05, 0.1) is 55.8 Å². The molecule has 11 aromatic rings. The van der Waals surface area contributed by atoms with Crippen LogP contribution in [0.5, 0.6) is 0 Å². The van der Waals surface area contributed by atoms with E-state index in [1.54, 1.807) is 0 Å².